The number of halogens is 1. The largest absolute Gasteiger partial charge is 0.368 e. The molecule has 1 aromatic carbocycles. The van der Waals surface area contributed by atoms with E-state index in [2.05, 4.69) is 0 Å². The Bertz CT molecular complexity index is 434. The predicted octanol–water partition coefficient (Wildman–Crippen LogP) is 0.871. The van der Waals surface area contributed by atoms with Crippen LogP contribution in [0, 0.1) is 0 Å². The molecule has 1 atom stereocenters. The van der Waals surface area contributed by atoms with Crippen molar-refractivity contribution in [1.82, 2.24) is 0 Å². The van der Waals surface area contributed by atoms with Gasteiger partial charge in [0, 0.05) is 19.0 Å². The van der Waals surface area contributed by atoms with Gasteiger partial charge in [-0.3, -0.25) is 14.5 Å². The van der Waals surface area contributed by atoms with E-state index in [0.29, 0.717) is 6.42 Å². The Hall–Kier alpha value is -1.55. The first-order valence-electron chi connectivity index (χ1n) is 4.78. The van der Waals surface area contributed by atoms with Crippen LogP contribution in [0.2, 0.25) is 0 Å². The average molecular weight is 241 g/mol. The van der Waals surface area contributed by atoms with Gasteiger partial charge in [-0.15, -0.1) is 12.4 Å². The lowest BCUT2D eigenvalue weighted by molar-refractivity contribution is -0.123. The van der Waals surface area contributed by atoms with Gasteiger partial charge in [-0.2, -0.15) is 0 Å². The van der Waals surface area contributed by atoms with Crippen molar-refractivity contribution in [3.8, 4) is 0 Å². The lowest BCUT2D eigenvalue weighted by Gasteiger charge is -2.21. The third-order valence-electron chi connectivity index (χ3n) is 2.64. The van der Waals surface area contributed by atoms with Gasteiger partial charge in [0.2, 0.25) is 11.8 Å². The van der Waals surface area contributed by atoms with Crippen molar-refractivity contribution < 1.29 is 9.59 Å². The number of amides is 2. The molecule has 1 aromatic rings. The maximum Gasteiger partial charge on any atom is 0.240 e. The summed E-state index contributed by atoms with van der Waals surface area (Å²) >= 11 is 0. The van der Waals surface area contributed by atoms with E-state index in [1.165, 1.54) is 11.8 Å². The van der Waals surface area contributed by atoms with Crippen LogP contribution in [-0.4, -0.2) is 17.9 Å². The Morgan fingerprint density at radius 1 is 1.38 bits per heavy atom. The van der Waals surface area contributed by atoms with Crippen LogP contribution in [0.5, 0.6) is 0 Å². The molecule has 0 radical (unpaired) electrons. The first kappa shape index (κ1) is 12.5. The molecule has 2 rings (SSSR count). The van der Waals surface area contributed by atoms with Crippen LogP contribution in [-0.2, 0) is 16.0 Å². The van der Waals surface area contributed by atoms with Crippen molar-refractivity contribution in [2.24, 2.45) is 5.73 Å². The van der Waals surface area contributed by atoms with Crippen LogP contribution in [0.3, 0.4) is 0 Å². The smallest absolute Gasteiger partial charge is 0.240 e. The summed E-state index contributed by atoms with van der Waals surface area (Å²) < 4.78 is 0. The van der Waals surface area contributed by atoms with Gasteiger partial charge >= 0.3 is 0 Å². The topological polar surface area (TPSA) is 63.4 Å². The van der Waals surface area contributed by atoms with E-state index in [1.54, 1.807) is 0 Å². The van der Waals surface area contributed by atoms with E-state index < -0.39 is 11.9 Å². The van der Waals surface area contributed by atoms with E-state index >= 15 is 0 Å². The fourth-order valence-corrected chi connectivity index (χ4v) is 2.00. The quantitative estimate of drug-likeness (QED) is 0.792. The lowest BCUT2D eigenvalue weighted by atomic mass is 10.1. The van der Waals surface area contributed by atoms with Gasteiger partial charge in [-0.25, -0.2) is 0 Å². The molecule has 0 aliphatic carbocycles. The van der Waals surface area contributed by atoms with E-state index in [0.717, 1.165) is 11.3 Å². The summed E-state index contributed by atoms with van der Waals surface area (Å²) in [5.74, 6) is -0.606. The molecule has 0 saturated heterocycles. The number of para-hydroxylation sites is 1. The summed E-state index contributed by atoms with van der Waals surface area (Å²) in [6.45, 7) is 1.44. The lowest BCUT2D eigenvalue weighted by Crippen LogP contribution is -2.45. The van der Waals surface area contributed by atoms with Crippen LogP contribution in [0.1, 0.15) is 12.5 Å². The SMILES string of the molecule is CC(=O)N1c2ccccc2CC1C(N)=O.Cl. The van der Waals surface area contributed by atoms with Crippen LogP contribution in [0.4, 0.5) is 5.69 Å². The Morgan fingerprint density at radius 3 is 2.56 bits per heavy atom. The Kier molecular flexibility index (Phi) is 3.55. The third kappa shape index (κ3) is 1.88. The highest BCUT2D eigenvalue weighted by Gasteiger charge is 2.35. The minimum atomic E-state index is -0.528. The molecule has 5 heteroatoms. The number of primary amides is 1. The van der Waals surface area contributed by atoms with E-state index in [1.807, 2.05) is 24.3 Å². The van der Waals surface area contributed by atoms with Crippen LogP contribution in [0.15, 0.2) is 24.3 Å². The molecule has 2 amide bonds. The third-order valence-corrected chi connectivity index (χ3v) is 2.64. The van der Waals surface area contributed by atoms with Crippen LogP contribution in [0.25, 0.3) is 0 Å². The number of fused-ring (bicyclic) bond motifs is 1. The van der Waals surface area contributed by atoms with Gasteiger partial charge < -0.3 is 5.73 Å². The highest BCUT2D eigenvalue weighted by atomic mass is 35.5. The number of nitrogens with two attached hydrogens (primary N) is 1. The summed E-state index contributed by atoms with van der Waals surface area (Å²) in [4.78, 5) is 24.1. The molecule has 0 bridgehead atoms. The van der Waals surface area contributed by atoms with Crippen molar-refractivity contribution in [2.45, 2.75) is 19.4 Å². The number of carbonyl (C=O) groups is 2. The first-order chi connectivity index (χ1) is 7.11. The molecule has 1 unspecified atom stereocenters. The number of rotatable bonds is 1. The number of nitrogens with zero attached hydrogens (tertiary/aromatic N) is 1. The second-order valence-corrected chi connectivity index (χ2v) is 3.64. The second kappa shape index (κ2) is 4.53. The van der Waals surface area contributed by atoms with Crippen molar-refractivity contribution in [2.75, 3.05) is 4.90 Å². The predicted molar refractivity (Wildman–Crippen MR) is 63.5 cm³/mol. The summed E-state index contributed by atoms with van der Waals surface area (Å²) in [5, 5.41) is 0. The molecule has 0 spiro atoms. The molecule has 2 N–H and O–H groups in total. The van der Waals surface area contributed by atoms with Crippen LogP contribution < -0.4 is 10.6 Å². The highest BCUT2D eigenvalue weighted by molar-refractivity contribution is 6.02. The van der Waals surface area contributed by atoms with Gasteiger partial charge in [-0.05, 0) is 11.6 Å². The monoisotopic (exact) mass is 240 g/mol. The normalized spacial score (nSPS) is 17.6. The fraction of sp³-hybridized carbons (Fsp3) is 0.273. The Morgan fingerprint density at radius 2 is 2.00 bits per heavy atom. The molecule has 86 valence electrons. The molecular weight excluding hydrogens is 228 g/mol. The zero-order valence-corrected chi connectivity index (χ0v) is 9.66. The standard InChI is InChI=1S/C11H12N2O2.ClH/c1-7(14)13-9-5-3-2-4-8(9)6-10(13)11(12)15;/h2-5,10H,6H2,1H3,(H2,12,15);1H. The zero-order valence-electron chi connectivity index (χ0n) is 8.84. The first-order valence-corrected chi connectivity index (χ1v) is 4.78. The van der Waals surface area contributed by atoms with Crippen molar-refractivity contribution in [3.05, 3.63) is 29.8 Å². The minimum Gasteiger partial charge on any atom is -0.368 e. The Balaban J connectivity index is 0.00000128. The molecule has 4 nitrogen and oxygen atoms in total. The van der Waals surface area contributed by atoms with Gasteiger partial charge in [0.25, 0.3) is 0 Å². The van der Waals surface area contributed by atoms with Gasteiger partial charge in [0.1, 0.15) is 6.04 Å². The van der Waals surface area contributed by atoms with Crippen molar-refractivity contribution in [3.63, 3.8) is 0 Å². The Labute approximate surface area is 99.8 Å². The highest BCUT2D eigenvalue weighted by Crippen LogP contribution is 2.31. The number of anilines is 1. The van der Waals surface area contributed by atoms with E-state index in [4.69, 9.17) is 5.73 Å². The van der Waals surface area contributed by atoms with Gasteiger partial charge in [-0.1, -0.05) is 18.2 Å². The molecule has 0 aromatic heterocycles. The number of carbonyl (C=O) groups excluding carboxylic acids is 2. The summed E-state index contributed by atoms with van der Waals surface area (Å²) in [6.07, 6.45) is 0.519. The summed E-state index contributed by atoms with van der Waals surface area (Å²) in [5.41, 5.74) is 7.07. The second-order valence-electron chi connectivity index (χ2n) is 3.64. The average Bonchev–Trinajstić information content (AvgIpc) is 2.56. The number of benzene rings is 1. The molecule has 1 aliphatic heterocycles. The molecule has 1 aliphatic rings. The number of hydrogen-bond acceptors (Lipinski definition) is 2. The molecule has 0 fully saturated rings. The minimum absolute atomic E-state index is 0. The van der Waals surface area contributed by atoms with Gasteiger partial charge in [0.05, 0.1) is 0 Å². The maximum atomic E-state index is 11.4. The van der Waals surface area contributed by atoms with Crippen molar-refractivity contribution >= 4 is 29.9 Å². The van der Waals surface area contributed by atoms with Crippen LogP contribution >= 0.6 is 12.4 Å². The van der Waals surface area contributed by atoms with E-state index in [-0.39, 0.29) is 18.3 Å². The molecule has 0 saturated carbocycles. The summed E-state index contributed by atoms with van der Waals surface area (Å²) in [6, 6.07) is 6.95. The van der Waals surface area contributed by atoms with Crippen molar-refractivity contribution in [1.29, 1.82) is 0 Å². The molecular formula is C11H13ClN2O2. The number of hydrogen-bond donors (Lipinski definition) is 1. The summed E-state index contributed by atoms with van der Waals surface area (Å²) in [7, 11) is 0. The zero-order chi connectivity index (χ0) is 11.0. The molecule has 1 heterocycles. The van der Waals surface area contributed by atoms with Gasteiger partial charge in [0.15, 0.2) is 0 Å². The maximum absolute atomic E-state index is 11.4. The fourth-order valence-electron chi connectivity index (χ4n) is 2.00. The van der Waals surface area contributed by atoms with E-state index in [9.17, 15) is 9.59 Å². The molecule has 16 heavy (non-hydrogen) atoms.